The summed E-state index contributed by atoms with van der Waals surface area (Å²) in [5, 5.41) is 7.31. The SMILES string of the molecule is CC(C)[C@H]1CC(=O)Nc2c1cnn2Cc1ccco1. The van der Waals surface area contributed by atoms with Crippen LogP contribution < -0.4 is 5.32 Å². The molecule has 0 saturated heterocycles. The first-order valence-electron chi connectivity index (χ1n) is 6.53. The molecule has 0 fully saturated rings. The second-order valence-corrected chi connectivity index (χ2v) is 5.29. The van der Waals surface area contributed by atoms with Crippen LogP contribution in [0.1, 0.15) is 37.5 Å². The lowest BCUT2D eigenvalue weighted by molar-refractivity contribution is -0.117. The average molecular weight is 259 g/mol. The summed E-state index contributed by atoms with van der Waals surface area (Å²) in [6.07, 6.45) is 4.04. The molecular weight excluding hydrogens is 242 g/mol. The van der Waals surface area contributed by atoms with Crippen molar-refractivity contribution >= 4 is 11.7 Å². The van der Waals surface area contributed by atoms with Crippen molar-refractivity contribution < 1.29 is 9.21 Å². The van der Waals surface area contributed by atoms with Crippen molar-refractivity contribution in [2.75, 3.05) is 5.32 Å². The number of aromatic nitrogens is 2. The van der Waals surface area contributed by atoms with E-state index in [1.54, 1.807) is 10.9 Å². The molecule has 3 heterocycles. The van der Waals surface area contributed by atoms with Gasteiger partial charge in [0.15, 0.2) is 0 Å². The Morgan fingerprint density at radius 3 is 3.11 bits per heavy atom. The van der Waals surface area contributed by atoms with E-state index in [4.69, 9.17) is 4.42 Å². The largest absolute Gasteiger partial charge is 0.467 e. The predicted molar refractivity (Wildman–Crippen MR) is 70.9 cm³/mol. The smallest absolute Gasteiger partial charge is 0.226 e. The van der Waals surface area contributed by atoms with Gasteiger partial charge in [-0.25, -0.2) is 4.68 Å². The zero-order valence-electron chi connectivity index (χ0n) is 11.1. The molecule has 0 unspecified atom stereocenters. The van der Waals surface area contributed by atoms with Gasteiger partial charge in [0.2, 0.25) is 5.91 Å². The quantitative estimate of drug-likeness (QED) is 0.921. The van der Waals surface area contributed by atoms with Gasteiger partial charge in [-0.2, -0.15) is 5.10 Å². The summed E-state index contributed by atoms with van der Waals surface area (Å²) < 4.78 is 7.12. The van der Waals surface area contributed by atoms with Crippen molar-refractivity contribution in [3.63, 3.8) is 0 Å². The molecule has 1 atom stereocenters. The van der Waals surface area contributed by atoms with Crippen LogP contribution in [-0.4, -0.2) is 15.7 Å². The number of hydrogen-bond donors (Lipinski definition) is 1. The standard InChI is InChI=1S/C14H17N3O2/c1-9(2)11-6-13(18)16-14-12(11)7-15-17(14)8-10-4-3-5-19-10/h3-5,7,9,11H,6,8H2,1-2H3,(H,16,18)/t11-/m1/s1. The molecule has 1 N–H and O–H groups in total. The molecule has 2 aromatic heterocycles. The lowest BCUT2D eigenvalue weighted by atomic mass is 9.85. The van der Waals surface area contributed by atoms with Gasteiger partial charge in [0, 0.05) is 17.9 Å². The van der Waals surface area contributed by atoms with Crippen molar-refractivity contribution in [3.8, 4) is 0 Å². The molecule has 1 aliphatic rings. The van der Waals surface area contributed by atoms with Crippen molar-refractivity contribution in [2.24, 2.45) is 5.92 Å². The van der Waals surface area contributed by atoms with Crippen LogP contribution in [0, 0.1) is 5.92 Å². The highest BCUT2D eigenvalue weighted by Crippen LogP contribution is 2.37. The van der Waals surface area contributed by atoms with Gasteiger partial charge in [-0.05, 0) is 18.1 Å². The van der Waals surface area contributed by atoms with Gasteiger partial charge in [0.1, 0.15) is 18.1 Å². The van der Waals surface area contributed by atoms with E-state index < -0.39 is 0 Å². The highest BCUT2D eigenvalue weighted by atomic mass is 16.3. The Morgan fingerprint density at radius 2 is 2.42 bits per heavy atom. The first-order chi connectivity index (χ1) is 9.15. The molecule has 19 heavy (non-hydrogen) atoms. The van der Waals surface area contributed by atoms with Crippen molar-refractivity contribution in [1.82, 2.24) is 9.78 Å². The van der Waals surface area contributed by atoms with E-state index in [9.17, 15) is 4.79 Å². The zero-order chi connectivity index (χ0) is 13.4. The van der Waals surface area contributed by atoms with Crippen LogP contribution in [0.15, 0.2) is 29.0 Å². The summed E-state index contributed by atoms with van der Waals surface area (Å²) in [4.78, 5) is 11.8. The Labute approximate surface area is 111 Å². The van der Waals surface area contributed by atoms with Crippen molar-refractivity contribution in [3.05, 3.63) is 35.9 Å². The van der Waals surface area contributed by atoms with Crippen LogP contribution in [0.25, 0.3) is 0 Å². The van der Waals surface area contributed by atoms with Gasteiger partial charge in [0.25, 0.3) is 0 Å². The number of furan rings is 1. The summed E-state index contributed by atoms with van der Waals surface area (Å²) in [6, 6.07) is 3.75. The van der Waals surface area contributed by atoms with Crippen LogP contribution in [0.4, 0.5) is 5.82 Å². The van der Waals surface area contributed by atoms with E-state index in [0.29, 0.717) is 18.9 Å². The Balaban J connectivity index is 1.95. The van der Waals surface area contributed by atoms with Crippen LogP contribution in [-0.2, 0) is 11.3 Å². The number of carbonyl (C=O) groups excluding carboxylic acids is 1. The minimum absolute atomic E-state index is 0.0624. The fraction of sp³-hybridized carbons (Fsp3) is 0.429. The first kappa shape index (κ1) is 12.0. The number of anilines is 1. The highest BCUT2D eigenvalue weighted by Gasteiger charge is 2.30. The molecule has 1 aliphatic heterocycles. The molecule has 0 aliphatic carbocycles. The Hall–Kier alpha value is -2.04. The van der Waals surface area contributed by atoms with E-state index >= 15 is 0 Å². The molecule has 1 amide bonds. The van der Waals surface area contributed by atoms with Gasteiger partial charge >= 0.3 is 0 Å². The van der Waals surface area contributed by atoms with Crippen LogP contribution in [0.3, 0.4) is 0 Å². The molecule has 0 radical (unpaired) electrons. The van der Waals surface area contributed by atoms with Crippen LogP contribution >= 0.6 is 0 Å². The summed E-state index contributed by atoms with van der Waals surface area (Å²) >= 11 is 0. The first-order valence-corrected chi connectivity index (χ1v) is 6.53. The fourth-order valence-corrected chi connectivity index (χ4v) is 2.57. The van der Waals surface area contributed by atoms with Gasteiger partial charge in [-0.15, -0.1) is 0 Å². The zero-order valence-corrected chi connectivity index (χ0v) is 11.1. The maximum Gasteiger partial charge on any atom is 0.226 e. The van der Waals surface area contributed by atoms with E-state index in [1.165, 1.54) is 0 Å². The normalized spacial score (nSPS) is 18.5. The molecule has 0 spiro atoms. The van der Waals surface area contributed by atoms with Crippen molar-refractivity contribution in [1.29, 1.82) is 0 Å². The van der Waals surface area contributed by atoms with Gasteiger partial charge in [-0.1, -0.05) is 13.8 Å². The molecule has 5 nitrogen and oxygen atoms in total. The fourth-order valence-electron chi connectivity index (χ4n) is 2.57. The highest BCUT2D eigenvalue weighted by molar-refractivity contribution is 5.93. The van der Waals surface area contributed by atoms with Gasteiger partial charge < -0.3 is 9.73 Å². The lowest BCUT2D eigenvalue weighted by Gasteiger charge is -2.25. The Morgan fingerprint density at radius 1 is 1.58 bits per heavy atom. The topological polar surface area (TPSA) is 60.1 Å². The summed E-state index contributed by atoms with van der Waals surface area (Å²) in [6.45, 7) is 4.81. The summed E-state index contributed by atoms with van der Waals surface area (Å²) in [5.41, 5.74) is 1.13. The van der Waals surface area contributed by atoms with Crippen LogP contribution in [0.5, 0.6) is 0 Å². The summed E-state index contributed by atoms with van der Waals surface area (Å²) in [5.74, 6) is 2.37. The number of nitrogens with zero attached hydrogens (tertiary/aromatic N) is 2. The molecule has 2 aromatic rings. The van der Waals surface area contributed by atoms with E-state index in [2.05, 4.69) is 24.3 Å². The number of hydrogen-bond acceptors (Lipinski definition) is 3. The maximum absolute atomic E-state index is 11.8. The molecule has 5 heteroatoms. The van der Waals surface area contributed by atoms with Crippen LogP contribution in [0.2, 0.25) is 0 Å². The summed E-state index contributed by atoms with van der Waals surface area (Å²) in [7, 11) is 0. The molecule has 0 saturated carbocycles. The minimum atomic E-state index is 0.0624. The number of amides is 1. The third-order valence-electron chi connectivity index (χ3n) is 3.62. The van der Waals surface area contributed by atoms with Crippen molar-refractivity contribution in [2.45, 2.75) is 32.7 Å². The number of fused-ring (bicyclic) bond motifs is 1. The molecule has 0 bridgehead atoms. The third kappa shape index (κ3) is 2.16. The van der Waals surface area contributed by atoms with E-state index in [0.717, 1.165) is 17.1 Å². The molecule has 100 valence electrons. The predicted octanol–water partition coefficient (Wildman–Crippen LogP) is 2.61. The lowest BCUT2D eigenvalue weighted by Crippen LogP contribution is -2.26. The van der Waals surface area contributed by atoms with Gasteiger partial charge in [-0.3, -0.25) is 4.79 Å². The Kier molecular flexibility index (Phi) is 2.89. The maximum atomic E-state index is 11.8. The Bertz CT molecular complexity index is 584. The molecular formula is C14H17N3O2. The van der Waals surface area contributed by atoms with E-state index in [1.807, 2.05) is 18.3 Å². The number of carbonyl (C=O) groups is 1. The minimum Gasteiger partial charge on any atom is -0.467 e. The van der Waals surface area contributed by atoms with E-state index in [-0.39, 0.29) is 11.8 Å². The number of rotatable bonds is 3. The van der Waals surface area contributed by atoms with Gasteiger partial charge in [0.05, 0.1) is 12.5 Å². The second-order valence-electron chi connectivity index (χ2n) is 5.29. The second kappa shape index (κ2) is 4.57. The monoisotopic (exact) mass is 259 g/mol. The third-order valence-corrected chi connectivity index (χ3v) is 3.62. The molecule has 0 aromatic carbocycles. The number of nitrogens with one attached hydrogen (secondary N) is 1. The average Bonchev–Trinajstić information content (AvgIpc) is 2.99. The molecule has 3 rings (SSSR count).